The number of nitrogens with one attached hydrogen (secondary N) is 1. The maximum Gasteiger partial charge on any atom is 0.229 e. The average molecular weight is 405 g/mol. The smallest absolute Gasteiger partial charge is 0.229 e. The van der Waals surface area contributed by atoms with E-state index in [1.54, 1.807) is 17.4 Å². The highest BCUT2D eigenvalue weighted by Gasteiger charge is 2.66. The van der Waals surface area contributed by atoms with Crippen LogP contribution in [0.25, 0.3) is 0 Å². The Morgan fingerprint density at radius 1 is 1.26 bits per heavy atom. The minimum atomic E-state index is -3.28. The van der Waals surface area contributed by atoms with E-state index in [2.05, 4.69) is 23.8 Å². The first-order chi connectivity index (χ1) is 12.8. The van der Waals surface area contributed by atoms with Crippen LogP contribution in [-0.2, 0) is 26.7 Å². The number of carbonyl (C=O) groups excluding carboxylic acids is 1. The average Bonchev–Trinajstić information content (AvgIpc) is 3.07. The number of sulfonamides is 1. The van der Waals surface area contributed by atoms with Gasteiger partial charge in [0.2, 0.25) is 15.9 Å². The Bertz CT molecular complexity index is 941. The number of carbonyl (C=O) groups is 1. The molecule has 1 aliphatic carbocycles. The molecule has 2 atom stereocenters. The Labute approximate surface area is 164 Å². The van der Waals surface area contributed by atoms with E-state index in [0.29, 0.717) is 23.9 Å². The topological polar surface area (TPSA) is 66.5 Å². The van der Waals surface area contributed by atoms with Crippen molar-refractivity contribution in [3.8, 4) is 0 Å². The first-order valence-corrected chi connectivity index (χ1v) is 11.9. The Morgan fingerprint density at radius 2 is 2.00 bits per heavy atom. The van der Waals surface area contributed by atoms with E-state index < -0.39 is 10.0 Å². The summed E-state index contributed by atoms with van der Waals surface area (Å²) in [4.78, 5) is 15.8. The number of rotatable bonds is 6. The zero-order valence-corrected chi connectivity index (χ0v) is 17.1. The van der Waals surface area contributed by atoms with Crippen molar-refractivity contribution in [3.63, 3.8) is 0 Å². The van der Waals surface area contributed by atoms with Crippen LogP contribution in [0, 0.1) is 11.8 Å². The second-order valence-electron chi connectivity index (χ2n) is 7.83. The minimum Gasteiger partial charge on any atom is -0.342 e. The van der Waals surface area contributed by atoms with E-state index in [0.717, 1.165) is 31.3 Å². The van der Waals surface area contributed by atoms with Gasteiger partial charge in [-0.05, 0) is 47.4 Å². The van der Waals surface area contributed by atoms with Crippen LogP contribution >= 0.6 is 11.3 Å². The van der Waals surface area contributed by atoms with Crippen LogP contribution in [0.4, 0.5) is 5.69 Å². The van der Waals surface area contributed by atoms with Crippen LogP contribution in [0.5, 0.6) is 0 Å². The molecule has 2 heterocycles. The number of hydrogen-bond donors (Lipinski definition) is 1. The molecule has 2 aliphatic rings. The number of nitrogens with zero attached hydrogens (tertiary/aromatic N) is 1. The highest BCUT2D eigenvalue weighted by molar-refractivity contribution is 7.92. The Morgan fingerprint density at radius 3 is 2.63 bits per heavy atom. The number of thiophene rings is 1. The quantitative estimate of drug-likeness (QED) is 0.805. The van der Waals surface area contributed by atoms with E-state index >= 15 is 0 Å². The standard InChI is InChI=1S/C20H24N2O3S2/c1-20(14-5-3-6-15(11-14)21-27(2,24)25)17-12-22(13-18(17)20)19(23)9-8-16-7-4-10-26-16/h3-7,10-11,17-18,21H,8-9,12-13H2,1-2H3. The molecule has 1 saturated carbocycles. The van der Waals surface area contributed by atoms with Gasteiger partial charge in [0.15, 0.2) is 0 Å². The monoisotopic (exact) mass is 404 g/mol. The molecule has 144 valence electrons. The molecule has 27 heavy (non-hydrogen) atoms. The third-order valence-electron chi connectivity index (χ3n) is 6.06. The molecule has 0 radical (unpaired) electrons. The summed E-state index contributed by atoms with van der Waals surface area (Å²) < 4.78 is 25.5. The largest absolute Gasteiger partial charge is 0.342 e. The number of anilines is 1. The molecule has 2 aromatic rings. The number of aryl methyl sites for hydroxylation is 1. The van der Waals surface area contributed by atoms with Gasteiger partial charge in [-0.15, -0.1) is 11.3 Å². The minimum absolute atomic E-state index is 0.0275. The summed E-state index contributed by atoms with van der Waals surface area (Å²) in [5, 5.41) is 2.04. The van der Waals surface area contributed by atoms with Gasteiger partial charge in [-0.3, -0.25) is 9.52 Å². The van der Waals surface area contributed by atoms with Crippen LogP contribution in [-0.4, -0.2) is 38.6 Å². The molecule has 1 saturated heterocycles. The predicted molar refractivity (Wildman–Crippen MR) is 108 cm³/mol. The Kier molecular flexibility index (Phi) is 4.55. The second kappa shape index (κ2) is 6.63. The van der Waals surface area contributed by atoms with Crippen LogP contribution in [0.3, 0.4) is 0 Å². The van der Waals surface area contributed by atoms with Gasteiger partial charge >= 0.3 is 0 Å². The summed E-state index contributed by atoms with van der Waals surface area (Å²) in [7, 11) is -3.28. The summed E-state index contributed by atoms with van der Waals surface area (Å²) in [5.74, 6) is 1.15. The maximum atomic E-state index is 12.5. The van der Waals surface area contributed by atoms with Gasteiger partial charge < -0.3 is 4.90 Å². The molecule has 5 nitrogen and oxygen atoms in total. The number of hydrogen-bond acceptors (Lipinski definition) is 4. The van der Waals surface area contributed by atoms with Crippen molar-refractivity contribution in [1.82, 2.24) is 4.90 Å². The van der Waals surface area contributed by atoms with E-state index in [9.17, 15) is 13.2 Å². The lowest BCUT2D eigenvalue weighted by molar-refractivity contribution is -0.130. The summed E-state index contributed by atoms with van der Waals surface area (Å²) in [6.45, 7) is 3.83. The summed E-state index contributed by atoms with van der Waals surface area (Å²) in [6.07, 6.45) is 2.55. The number of amides is 1. The fraction of sp³-hybridized carbons (Fsp3) is 0.450. The first kappa shape index (κ1) is 18.5. The molecule has 1 aliphatic heterocycles. The van der Waals surface area contributed by atoms with Crippen molar-refractivity contribution in [2.24, 2.45) is 11.8 Å². The molecule has 0 spiro atoms. The van der Waals surface area contributed by atoms with Gasteiger partial charge in [-0.1, -0.05) is 25.1 Å². The van der Waals surface area contributed by atoms with E-state index in [-0.39, 0.29) is 11.3 Å². The van der Waals surface area contributed by atoms with E-state index in [1.165, 1.54) is 4.88 Å². The molecular formula is C20H24N2O3S2. The predicted octanol–water partition coefficient (Wildman–Crippen LogP) is 3.10. The zero-order valence-electron chi connectivity index (χ0n) is 15.5. The van der Waals surface area contributed by atoms with Crippen LogP contribution in [0.1, 0.15) is 23.8 Å². The number of fused-ring (bicyclic) bond motifs is 1. The molecule has 0 bridgehead atoms. The summed E-state index contributed by atoms with van der Waals surface area (Å²) >= 11 is 1.70. The molecule has 2 fully saturated rings. The molecule has 1 amide bonds. The van der Waals surface area contributed by atoms with E-state index in [1.807, 2.05) is 28.5 Å². The van der Waals surface area contributed by atoms with Gasteiger partial charge in [0.1, 0.15) is 0 Å². The van der Waals surface area contributed by atoms with Gasteiger partial charge in [-0.2, -0.15) is 0 Å². The van der Waals surface area contributed by atoms with Crippen molar-refractivity contribution < 1.29 is 13.2 Å². The molecule has 1 aromatic carbocycles. The number of benzene rings is 1. The lowest BCUT2D eigenvalue weighted by Crippen LogP contribution is -2.34. The van der Waals surface area contributed by atoms with Crippen LogP contribution < -0.4 is 4.72 Å². The lowest BCUT2D eigenvalue weighted by Gasteiger charge is -2.25. The zero-order chi connectivity index (χ0) is 19.2. The molecule has 1 aromatic heterocycles. The number of likely N-dealkylation sites (tertiary alicyclic amines) is 1. The highest BCUT2D eigenvalue weighted by Crippen LogP contribution is 2.63. The van der Waals surface area contributed by atoms with Crippen LogP contribution in [0.15, 0.2) is 41.8 Å². The van der Waals surface area contributed by atoms with Crippen LogP contribution in [0.2, 0.25) is 0 Å². The van der Waals surface area contributed by atoms with Crippen molar-refractivity contribution in [2.75, 3.05) is 24.1 Å². The first-order valence-electron chi connectivity index (χ1n) is 9.16. The molecule has 2 unspecified atom stereocenters. The Balaban J connectivity index is 1.38. The van der Waals surface area contributed by atoms with Gasteiger partial charge in [0, 0.05) is 35.5 Å². The highest BCUT2D eigenvalue weighted by atomic mass is 32.2. The summed E-state index contributed by atoms with van der Waals surface area (Å²) in [5.41, 5.74) is 1.78. The van der Waals surface area contributed by atoms with E-state index in [4.69, 9.17) is 0 Å². The molecule has 4 rings (SSSR count). The second-order valence-corrected chi connectivity index (χ2v) is 10.6. The summed E-state index contributed by atoms with van der Waals surface area (Å²) in [6, 6.07) is 11.8. The molecule has 7 heteroatoms. The van der Waals surface area contributed by atoms with Gasteiger partial charge in [0.25, 0.3) is 0 Å². The lowest BCUT2D eigenvalue weighted by atomic mass is 9.92. The maximum absolute atomic E-state index is 12.5. The van der Waals surface area contributed by atoms with Crippen molar-refractivity contribution in [3.05, 3.63) is 52.2 Å². The van der Waals surface area contributed by atoms with Gasteiger partial charge in [0.05, 0.1) is 6.26 Å². The van der Waals surface area contributed by atoms with Crippen molar-refractivity contribution in [1.29, 1.82) is 0 Å². The fourth-order valence-electron chi connectivity index (χ4n) is 4.49. The third kappa shape index (κ3) is 3.62. The Hall–Kier alpha value is -1.86. The third-order valence-corrected chi connectivity index (χ3v) is 7.60. The molecule has 1 N–H and O–H groups in total. The van der Waals surface area contributed by atoms with Crippen molar-refractivity contribution >= 4 is 33.0 Å². The molecular weight excluding hydrogens is 380 g/mol. The van der Waals surface area contributed by atoms with Gasteiger partial charge in [-0.25, -0.2) is 8.42 Å². The van der Waals surface area contributed by atoms with Crippen molar-refractivity contribution in [2.45, 2.75) is 25.2 Å². The number of piperidine rings is 1. The fourth-order valence-corrected chi connectivity index (χ4v) is 5.75. The SMILES string of the molecule is CC1(c2cccc(NS(C)(=O)=O)c2)C2CN(C(=O)CCc3cccs3)CC21. The normalized spacial score (nSPS) is 26.7.